The number of nitrogens with two attached hydrogens (primary N) is 3. The maximum atomic E-state index is 11.1. The van der Waals surface area contributed by atoms with Gasteiger partial charge < -0.3 is 11.5 Å². The average Bonchev–Trinajstić information content (AvgIpc) is 2.37. The summed E-state index contributed by atoms with van der Waals surface area (Å²) in [5.74, 6) is 0.468. The van der Waals surface area contributed by atoms with Crippen LogP contribution in [0.15, 0.2) is 50.0 Å². The Bertz CT molecular complexity index is 754. The monoisotopic (exact) mass is 325 g/mol. The third-order valence-electron chi connectivity index (χ3n) is 2.19. The normalized spacial score (nSPS) is 11.9. The van der Waals surface area contributed by atoms with Gasteiger partial charge in [-0.05, 0) is 24.3 Å². The molecule has 0 radical (unpaired) electrons. The van der Waals surface area contributed by atoms with Gasteiger partial charge in [-0.25, -0.2) is 23.5 Å². The van der Waals surface area contributed by atoms with Crippen LogP contribution in [0, 0.1) is 0 Å². The number of hydrogen-bond donors (Lipinski definition) is 3. The Labute approximate surface area is 124 Å². The summed E-state index contributed by atoms with van der Waals surface area (Å²) in [4.78, 5) is 7.82. The number of primary sulfonamides is 1. The lowest BCUT2D eigenvalue weighted by atomic mass is 10.3. The van der Waals surface area contributed by atoms with Gasteiger partial charge in [0.15, 0.2) is 0 Å². The first-order valence-corrected chi connectivity index (χ1v) is 7.77. The molecular weight excluding hydrogens is 314 g/mol. The minimum absolute atomic E-state index is 0.000966. The molecule has 0 aliphatic rings. The van der Waals surface area contributed by atoms with Gasteiger partial charge in [0.25, 0.3) is 0 Å². The molecule has 0 amide bonds. The van der Waals surface area contributed by atoms with Gasteiger partial charge in [0.2, 0.25) is 15.2 Å². The summed E-state index contributed by atoms with van der Waals surface area (Å²) >= 11 is 0.887. The molecule has 1 aromatic carbocycles. The molecule has 0 spiro atoms. The summed E-state index contributed by atoms with van der Waals surface area (Å²) in [6.45, 7) is 0. The third kappa shape index (κ3) is 4.37. The van der Waals surface area contributed by atoms with Crippen molar-refractivity contribution >= 4 is 39.3 Å². The number of sulfonamides is 1. The number of anilines is 2. The Morgan fingerprint density at radius 1 is 1.05 bits per heavy atom. The van der Waals surface area contributed by atoms with E-state index in [0.717, 1.165) is 11.9 Å². The average molecular weight is 325 g/mol. The van der Waals surface area contributed by atoms with Crippen LogP contribution in [0.4, 0.5) is 17.3 Å². The van der Waals surface area contributed by atoms with Crippen molar-refractivity contribution in [2.45, 2.75) is 10.1 Å². The van der Waals surface area contributed by atoms with E-state index in [1.54, 1.807) is 0 Å². The molecule has 1 heterocycles. The van der Waals surface area contributed by atoms with E-state index in [1.807, 2.05) is 0 Å². The standard InChI is InChI=1S/C10H11N7O2S2/c11-8-5-9(12)15-10(14-8)20-17-16-6-1-3-7(4-2-6)21(13,18)19/h1-5H,(H2,13,18,19)(H4,11,12,14,15). The number of rotatable bonds is 4. The molecule has 0 aliphatic carbocycles. The van der Waals surface area contributed by atoms with Crippen LogP contribution < -0.4 is 16.6 Å². The maximum Gasteiger partial charge on any atom is 0.238 e. The topological polar surface area (TPSA) is 163 Å². The molecule has 2 rings (SSSR count). The zero-order valence-corrected chi connectivity index (χ0v) is 12.2. The highest BCUT2D eigenvalue weighted by Crippen LogP contribution is 2.22. The van der Waals surface area contributed by atoms with Crippen LogP contribution in [-0.4, -0.2) is 18.4 Å². The Balaban J connectivity index is 2.08. The SMILES string of the molecule is Nc1cc(N)nc(SN=Nc2ccc(S(N)(=O)=O)cc2)n1. The number of nitrogens with zero attached hydrogens (tertiary/aromatic N) is 4. The van der Waals surface area contributed by atoms with E-state index >= 15 is 0 Å². The summed E-state index contributed by atoms with van der Waals surface area (Å²) in [6.07, 6.45) is 0. The minimum atomic E-state index is -3.72. The van der Waals surface area contributed by atoms with Crippen LogP contribution in [-0.2, 0) is 10.0 Å². The van der Waals surface area contributed by atoms with Crippen molar-refractivity contribution in [3.8, 4) is 0 Å². The van der Waals surface area contributed by atoms with Gasteiger partial charge >= 0.3 is 0 Å². The first-order chi connectivity index (χ1) is 9.84. The van der Waals surface area contributed by atoms with Crippen molar-refractivity contribution in [2.24, 2.45) is 14.8 Å². The van der Waals surface area contributed by atoms with Gasteiger partial charge in [-0.3, -0.25) is 0 Å². The second-order valence-corrected chi connectivity index (χ2v) is 6.08. The lowest BCUT2D eigenvalue weighted by molar-refractivity contribution is 0.598. The molecule has 0 saturated heterocycles. The van der Waals surface area contributed by atoms with Crippen molar-refractivity contribution in [1.82, 2.24) is 9.97 Å². The number of aromatic nitrogens is 2. The molecule has 1 aromatic heterocycles. The van der Waals surface area contributed by atoms with Crippen LogP contribution in [0.5, 0.6) is 0 Å². The Morgan fingerprint density at radius 3 is 2.14 bits per heavy atom. The molecule has 9 nitrogen and oxygen atoms in total. The van der Waals surface area contributed by atoms with Gasteiger partial charge in [-0.2, -0.15) is 0 Å². The summed E-state index contributed by atoms with van der Waals surface area (Å²) in [7, 11) is -3.72. The van der Waals surface area contributed by atoms with Crippen molar-refractivity contribution in [3.05, 3.63) is 30.3 Å². The summed E-state index contributed by atoms with van der Waals surface area (Å²) in [5.41, 5.74) is 11.5. The van der Waals surface area contributed by atoms with Gasteiger partial charge in [0, 0.05) is 6.07 Å². The Hall–Kier alpha value is -2.24. The highest BCUT2D eigenvalue weighted by atomic mass is 32.2. The molecule has 6 N–H and O–H groups in total. The van der Waals surface area contributed by atoms with E-state index in [9.17, 15) is 8.42 Å². The van der Waals surface area contributed by atoms with Crippen LogP contribution in [0.2, 0.25) is 0 Å². The van der Waals surface area contributed by atoms with Crippen molar-refractivity contribution in [3.63, 3.8) is 0 Å². The summed E-state index contributed by atoms with van der Waals surface area (Å²) in [6, 6.07) is 7.04. The highest BCUT2D eigenvalue weighted by Gasteiger charge is 2.06. The zero-order chi connectivity index (χ0) is 15.5. The third-order valence-corrected chi connectivity index (χ3v) is 3.63. The Morgan fingerprint density at radius 2 is 1.62 bits per heavy atom. The van der Waals surface area contributed by atoms with Gasteiger partial charge in [0.1, 0.15) is 11.6 Å². The van der Waals surface area contributed by atoms with Crippen LogP contribution in [0.25, 0.3) is 0 Å². The predicted molar refractivity (Wildman–Crippen MR) is 79.0 cm³/mol. The maximum absolute atomic E-state index is 11.1. The van der Waals surface area contributed by atoms with Crippen LogP contribution >= 0.6 is 11.9 Å². The number of hydrogen-bond acceptors (Lipinski definition) is 9. The fraction of sp³-hybridized carbons (Fsp3) is 0. The van der Waals surface area contributed by atoms with Crippen LogP contribution in [0.3, 0.4) is 0 Å². The van der Waals surface area contributed by atoms with E-state index < -0.39 is 10.0 Å². The zero-order valence-electron chi connectivity index (χ0n) is 10.5. The van der Waals surface area contributed by atoms with Gasteiger partial charge in [-0.1, -0.05) is 0 Å². The molecule has 0 atom stereocenters. The van der Waals surface area contributed by atoms with Crippen molar-refractivity contribution < 1.29 is 8.42 Å². The second-order valence-electron chi connectivity index (χ2n) is 3.81. The molecule has 0 unspecified atom stereocenters. The van der Waals surface area contributed by atoms with E-state index in [4.69, 9.17) is 16.6 Å². The van der Waals surface area contributed by atoms with E-state index in [-0.39, 0.29) is 21.7 Å². The van der Waals surface area contributed by atoms with Gasteiger partial charge in [-0.15, -0.1) is 9.63 Å². The summed E-state index contributed by atoms with van der Waals surface area (Å²) < 4.78 is 26.0. The summed E-state index contributed by atoms with van der Waals surface area (Å²) in [5, 5.41) is 9.12. The van der Waals surface area contributed by atoms with Gasteiger partial charge in [0.05, 0.1) is 22.5 Å². The highest BCUT2D eigenvalue weighted by molar-refractivity contribution is 7.97. The van der Waals surface area contributed by atoms with E-state index in [1.165, 1.54) is 30.3 Å². The second kappa shape index (κ2) is 6.03. The molecule has 0 saturated carbocycles. The molecule has 2 aromatic rings. The predicted octanol–water partition coefficient (Wildman–Crippen LogP) is 1.08. The lowest BCUT2D eigenvalue weighted by Gasteiger charge is -1.98. The minimum Gasteiger partial charge on any atom is -0.383 e. The van der Waals surface area contributed by atoms with E-state index in [0.29, 0.717) is 5.69 Å². The Kier molecular flexibility index (Phi) is 4.35. The fourth-order valence-electron chi connectivity index (χ4n) is 1.31. The molecular formula is C10H11N7O2S2. The van der Waals surface area contributed by atoms with Crippen molar-refractivity contribution in [2.75, 3.05) is 11.5 Å². The molecule has 11 heteroatoms. The molecule has 0 aliphatic heterocycles. The largest absolute Gasteiger partial charge is 0.383 e. The van der Waals surface area contributed by atoms with Crippen LogP contribution in [0.1, 0.15) is 0 Å². The quantitative estimate of drug-likeness (QED) is 0.430. The lowest BCUT2D eigenvalue weighted by Crippen LogP contribution is -2.11. The number of benzene rings is 1. The molecule has 21 heavy (non-hydrogen) atoms. The molecule has 110 valence electrons. The molecule has 0 fully saturated rings. The first kappa shape index (κ1) is 15.2. The van der Waals surface area contributed by atoms with E-state index in [2.05, 4.69) is 19.6 Å². The van der Waals surface area contributed by atoms with Crippen molar-refractivity contribution in [1.29, 1.82) is 0 Å². The molecule has 0 bridgehead atoms. The first-order valence-electron chi connectivity index (χ1n) is 5.45. The smallest absolute Gasteiger partial charge is 0.238 e. The fourth-order valence-corrected chi connectivity index (χ4v) is 2.33. The number of nitrogen functional groups attached to an aromatic ring is 2.